The van der Waals surface area contributed by atoms with Crippen molar-refractivity contribution in [3.05, 3.63) is 82.3 Å². The Labute approximate surface area is 207 Å². The fraction of sp³-hybridized carbons (Fsp3) is 0.269. The lowest BCUT2D eigenvalue weighted by atomic mass is 9.88. The van der Waals surface area contributed by atoms with Gasteiger partial charge in [-0.15, -0.1) is 11.3 Å². The summed E-state index contributed by atoms with van der Waals surface area (Å²) >= 11 is 1.42. The minimum Gasteiger partial charge on any atom is -0.449 e. The molecule has 0 spiro atoms. The molecule has 1 aliphatic rings. The van der Waals surface area contributed by atoms with Crippen LogP contribution in [0.4, 0.5) is 9.80 Å². The number of anilines is 1. The molecular weight excluding hydrogens is 462 g/mol. The number of thiophene rings is 1. The average Bonchev–Trinajstić information content (AvgIpc) is 3.23. The Bertz CT molecular complexity index is 1240. The van der Waals surface area contributed by atoms with Crippen LogP contribution < -0.4 is 10.6 Å². The lowest BCUT2D eigenvalue weighted by Gasteiger charge is -2.21. The van der Waals surface area contributed by atoms with Crippen molar-refractivity contribution in [2.45, 2.75) is 25.7 Å². The van der Waals surface area contributed by atoms with Crippen molar-refractivity contribution in [2.24, 2.45) is 5.92 Å². The Kier molecular flexibility index (Phi) is 8.20. The third-order valence-electron chi connectivity index (χ3n) is 5.68. The molecule has 4 rings (SSSR count). The molecule has 1 aliphatic carbocycles. The van der Waals surface area contributed by atoms with Crippen molar-refractivity contribution >= 4 is 34.4 Å². The third kappa shape index (κ3) is 6.74. The zero-order valence-electron chi connectivity index (χ0n) is 19.1. The van der Waals surface area contributed by atoms with Gasteiger partial charge in [0.05, 0.1) is 12.2 Å². The number of carbonyl (C=O) groups excluding carboxylic acids is 2. The van der Waals surface area contributed by atoms with E-state index in [0.717, 1.165) is 28.0 Å². The lowest BCUT2D eigenvalue weighted by Crippen LogP contribution is -2.29. The van der Waals surface area contributed by atoms with Gasteiger partial charge >= 0.3 is 6.09 Å². The number of pyridine rings is 2. The largest absolute Gasteiger partial charge is 0.449 e. The van der Waals surface area contributed by atoms with Gasteiger partial charge < -0.3 is 15.4 Å². The maximum atomic E-state index is 12.4. The van der Waals surface area contributed by atoms with E-state index in [9.17, 15) is 14.9 Å². The molecule has 9 heteroatoms. The van der Waals surface area contributed by atoms with E-state index in [1.807, 2.05) is 18.2 Å². The molecule has 3 heterocycles. The summed E-state index contributed by atoms with van der Waals surface area (Å²) in [7, 11) is 0. The van der Waals surface area contributed by atoms with E-state index >= 15 is 0 Å². The SMILES string of the molecule is N#Cc1c(NC(=O)C=Cc2cccnc2)sc2c1CCC(COC(=O)NCCc1cccnc1)C2. The smallest absolute Gasteiger partial charge is 0.407 e. The summed E-state index contributed by atoms with van der Waals surface area (Å²) in [5.41, 5.74) is 3.38. The van der Waals surface area contributed by atoms with E-state index in [2.05, 4.69) is 26.7 Å². The number of nitrogens with one attached hydrogen (secondary N) is 2. The van der Waals surface area contributed by atoms with Crippen LogP contribution in [0.15, 0.2) is 55.1 Å². The van der Waals surface area contributed by atoms with E-state index in [-0.39, 0.29) is 11.8 Å². The molecule has 35 heavy (non-hydrogen) atoms. The van der Waals surface area contributed by atoms with Gasteiger partial charge in [0.1, 0.15) is 11.1 Å². The first kappa shape index (κ1) is 24.1. The van der Waals surface area contributed by atoms with Crippen LogP contribution >= 0.6 is 11.3 Å². The first-order chi connectivity index (χ1) is 17.1. The van der Waals surface area contributed by atoms with E-state index in [4.69, 9.17) is 4.74 Å². The molecule has 1 unspecified atom stereocenters. The third-order valence-corrected chi connectivity index (χ3v) is 6.85. The normalized spacial score (nSPS) is 14.7. The Hall–Kier alpha value is -4.03. The number of fused-ring (bicyclic) bond motifs is 1. The van der Waals surface area contributed by atoms with Crippen LogP contribution in [0.25, 0.3) is 6.08 Å². The van der Waals surface area contributed by atoms with E-state index < -0.39 is 6.09 Å². The van der Waals surface area contributed by atoms with Crippen LogP contribution in [0.5, 0.6) is 0 Å². The molecule has 178 valence electrons. The minimum absolute atomic E-state index is 0.172. The highest BCUT2D eigenvalue weighted by molar-refractivity contribution is 7.16. The number of aromatic nitrogens is 2. The maximum Gasteiger partial charge on any atom is 0.407 e. The summed E-state index contributed by atoms with van der Waals surface area (Å²) in [6, 6.07) is 9.72. The van der Waals surface area contributed by atoms with E-state index in [1.54, 1.807) is 36.9 Å². The number of carbonyl (C=O) groups is 2. The summed E-state index contributed by atoms with van der Waals surface area (Å²) in [6.07, 6.45) is 12.4. The number of rotatable bonds is 8. The van der Waals surface area contributed by atoms with Crippen molar-refractivity contribution in [1.82, 2.24) is 15.3 Å². The number of ether oxygens (including phenoxy) is 1. The van der Waals surface area contributed by atoms with Gasteiger partial charge in [0.25, 0.3) is 0 Å². The van der Waals surface area contributed by atoms with Gasteiger partial charge in [-0.3, -0.25) is 14.8 Å². The van der Waals surface area contributed by atoms with Gasteiger partial charge in [0.15, 0.2) is 0 Å². The summed E-state index contributed by atoms with van der Waals surface area (Å²) in [5.74, 6) is -0.127. The number of hydrogen-bond donors (Lipinski definition) is 2. The van der Waals surface area contributed by atoms with Crippen LogP contribution in [-0.4, -0.2) is 35.1 Å². The predicted octanol–water partition coefficient (Wildman–Crippen LogP) is 4.14. The quantitative estimate of drug-likeness (QED) is 0.461. The summed E-state index contributed by atoms with van der Waals surface area (Å²) in [5, 5.41) is 15.9. The van der Waals surface area contributed by atoms with Crippen molar-refractivity contribution in [2.75, 3.05) is 18.5 Å². The highest BCUT2D eigenvalue weighted by Crippen LogP contribution is 2.39. The van der Waals surface area contributed by atoms with Gasteiger partial charge in [-0.05, 0) is 66.5 Å². The summed E-state index contributed by atoms with van der Waals surface area (Å²) in [6.45, 7) is 0.793. The fourth-order valence-electron chi connectivity index (χ4n) is 3.90. The Morgan fingerprint density at radius 1 is 1.23 bits per heavy atom. The fourth-order valence-corrected chi connectivity index (χ4v) is 5.22. The zero-order valence-corrected chi connectivity index (χ0v) is 19.9. The molecule has 0 saturated carbocycles. The summed E-state index contributed by atoms with van der Waals surface area (Å²) < 4.78 is 5.43. The van der Waals surface area contributed by atoms with Crippen LogP contribution in [-0.2, 0) is 28.8 Å². The van der Waals surface area contributed by atoms with E-state index in [0.29, 0.717) is 43.0 Å². The molecule has 0 aliphatic heterocycles. The highest BCUT2D eigenvalue weighted by Gasteiger charge is 2.27. The second-order valence-electron chi connectivity index (χ2n) is 8.17. The minimum atomic E-state index is -0.433. The second-order valence-corrected chi connectivity index (χ2v) is 9.28. The molecule has 2 amide bonds. The standard InChI is InChI=1S/C26H25N5O3S/c27-14-22-21-7-5-20(17-34-26(33)30-12-9-19-4-2-11-29-16-19)13-23(21)35-25(22)31-24(32)8-6-18-3-1-10-28-15-18/h1-4,6,8,10-11,15-16,20H,5,7,9,12-13,17H2,(H,30,33)(H,31,32). The zero-order chi connectivity index (χ0) is 24.5. The lowest BCUT2D eigenvalue weighted by molar-refractivity contribution is -0.111. The topological polar surface area (TPSA) is 117 Å². The van der Waals surface area contributed by atoms with Crippen LogP contribution in [0.2, 0.25) is 0 Å². The second kappa shape index (κ2) is 11.9. The molecule has 0 saturated heterocycles. The number of alkyl carbamates (subject to hydrolysis) is 1. The molecule has 0 aromatic carbocycles. The van der Waals surface area contributed by atoms with Gasteiger partial charge in [0, 0.05) is 42.3 Å². The van der Waals surface area contributed by atoms with Crippen molar-refractivity contribution < 1.29 is 14.3 Å². The molecule has 0 fully saturated rings. The molecule has 1 atom stereocenters. The molecule has 0 radical (unpaired) electrons. The van der Waals surface area contributed by atoms with Crippen LogP contribution in [0.3, 0.4) is 0 Å². The Morgan fingerprint density at radius 3 is 2.80 bits per heavy atom. The van der Waals surface area contributed by atoms with Crippen LogP contribution in [0.1, 0.15) is 33.6 Å². The maximum absolute atomic E-state index is 12.4. The van der Waals surface area contributed by atoms with E-state index in [1.165, 1.54) is 17.4 Å². The number of amides is 2. The van der Waals surface area contributed by atoms with Crippen molar-refractivity contribution in [1.29, 1.82) is 5.26 Å². The number of nitriles is 1. The number of nitrogens with zero attached hydrogens (tertiary/aromatic N) is 3. The molecule has 2 N–H and O–H groups in total. The molecule has 8 nitrogen and oxygen atoms in total. The van der Waals surface area contributed by atoms with Gasteiger partial charge in [-0.2, -0.15) is 5.26 Å². The summed E-state index contributed by atoms with van der Waals surface area (Å²) in [4.78, 5) is 33.6. The first-order valence-corrected chi connectivity index (χ1v) is 12.2. The number of hydrogen-bond acceptors (Lipinski definition) is 7. The Morgan fingerprint density at radius 2 is 2.06 bits per heavy atom. The van der Waals surface area contributed by atoms with Gasteiger partial charge in [0.2, 0.25) is 5.91 Å². The predicted molar refractivity (Wildman–Crippen MR) is 134 cm³/mol. The van der Waals surface area contributed by atoms with Crippen molar-refractivity contribution in [3.8, 4) is 6.07 Å². The monoisotopic (exact) mass is 487 g/mol. The van der Waals surface area contributed by atoms with Gasteiger partial charge in [-0.25, -0.2) is 4.79 Å². The average molecular weight is 488 g/mol. The molecular formula is C26H25N5O3S. The first-order valence-electron chi connectivity index (χ1n) is 11.4. The van der Waals surface area contributed by atoms with Crippen molar-refractivity contribution in [3.63, 3.8) is 0 Å². The molecule has 0 bridgehead atoms. The Balaban J connectivity index is 1.28. The van der Waals surface area contributed by atoms with Gasteiger partial charge in [-0.1, -0.05) is 12.1 Å². The molecule has 3 aromatic rings. The van der Waals surface area contributed by atoms with Crippen LogP contribution in [0, 0.1) is 17.2 Å². The highest BCUT2D eigenvalue weighted by atomic mass is 32.1. The molecule has 3 aromatic heterocycles.